The zero-order valence-electron chi connectivity index (χ0n) is 19.1. The summed E-state index contributed by atoms with van der Waals surface area (Å²) in [6.07, 6.45) is 1.27. The van der Waals surface area contributed by atoms with Gasteiger partial charge in [0.25, 0.3) is 0 Å². The lowest BCUT2D eigenvalue weighted by Gasteiger charge is -2.26. The van der Waals surface area contributed by atoms with Crippen LogP contribution in [0.5, 0.6) is 5.75 Å². The topological polar surface area (TPSA) is 131 Å². The predicted octanol–water partition coefficient (Wildman–Crippen LogP) is 3.99. The highest BCUT2D eigenvalue weighted by Gasteiger charge is 2.27. The molecule has 9 heteroatoms. The minimum Gasteiger partial charge on any atom is -0.491 e. The van der Waals surface area contributed by atoms with Gasteiger partial charge in [-0.3, -0.25) is 10.1 Å². The van der Waals surface area contributed by atoms with E-state index in [9.17, 15) is 14.4 Å². The fraction of sp³-hybridized carbons (Fsp3) is 0.320. The van der Waals surface area contributed by atoms with Crippen LogP contribution in [-0.2, 0) is 14.3 Å². The van der Waals surface area contributed by atoms with Crippen molar-refractivity contribution in [1.82, 2.24) is 0 Å². The van der Waals surface area contributed by atoms with E-state index in [-0.39, 0.29) is 19.0 Å². The molecule has 0 unspecified atom stereocenters. The van der Waals surface area contributed by atoms with Gasteiger partial charge in [0.1, 0.15) is 12.4 Å². The van der Waals surface area contributed by atoms with Crippen molar-refractivity contribution in [3.8, 4) is 5.75 Å². The van der Waals surface area contributed by atoms with Gasteiger partial charge < -0.3 is 24.4 Å². The van der Waals surface area contributed by atoms with Gasteiger partial charge in [-0.15, -0.1) is 0 Å². The SMILES string of the molecule is CO[C@@H](CC/C=C/C(=O)O)[C@@H](OC(=O)Nc1ccc(C(C)=O)cc1)c1ccc(OCCO)cc1. The monoisotopic (exact) mass is 471 g/mol. The van der Waals surface area contributed by atoms with Gasteiger partial charge in [0.2, 0.25) is 0 Å². The summed E-state index contributed by atoms with van der Waals surface area (Å²) in [5, 5.41) is 20.3. The van der Waals surface area contributed by atoms with E-state index in [4.69, 9.17) is 24.4 Å². The van der Waals surface area contributed by atoms with E-state index < -0.39 is 24.3 Å². The Morgan fingerprint density at radius 1 is 1.06 bits per heavy atom. The second-order valence-corrected chi connectivity index (χ2v) is 7.32. The fourth-order valence-corrected chi connectivity index (χ4v) is 3.16. The van der Waals surface area contributed by atoms with E-state index in [1.807, 2.05) is 0 Å². The molecule has 2 aromatic rings. The van der Waals surface area contributed by atoms with Crippen LogP contribution in [-0.4, -0.2) is 54.5 Å². The average Bonchev–Trinajstić information content (AvgIpc) is 2.82. The number of Topliss-reactive ketones (excluding diaryl/α,β-unsaturated/α-hetero) is 1. The Kier molecular flexibility index (Phi) is 10.8. The number of ketones is 1. The average molecular weight is 472 g/mol. The van der Waals surface area contributed by atoms with E-state index in [0.717, 1.165) is 6.08 Å². The first-order valence-corrected chi connectivity index (χ1v) is 10.7. The van der Waals surface area contributed by atoms with Crippen molar-refractivity contribution in [2.24, 2.45) is 0 Å². The Labute approximate surface area is 198 Å². The number of aliphatic hydroxyl groups excluding tert-OH is 1. The van der Waals surface area contributed by atoms with Gasteiger partial charge in [-0.1, -0.05) is 18.2 Å². The molecule has 0 aromatic heterocycles. The first kappa shape index (κ1) is 26.6. The molecular weight excluding hydrogens is 442 g/mol. The molecule has 3 N–H and O–H groups in total. The first-order valence-electron chi connectivity index (χ1n) is 10.7. The Hall–Kier alpha value is -3.69. The molecule has 0 aliphatic heterocycles. The van der Waals surface area contributed by atoms with Crippen molar-refractivity contribution in [2.75, 3.05) is 25.6 Å². The zero-order valence-corrected chi connectivity index (χ0v) is 19.1. The number of rotatable bonds is 13. The number of hydrogen-bond acceptors (Lipinski definition) is 7. The van der Waals surface area contributed by atoms with Crippen LogP contribution in [0.4, 0.5) is 10.5 Å². The summed E-state index contributed by atoms with van der Waals surface area (Å²) < 4.78 is 16.7. The number of carboxylic acids is 1. The lowest BCUT2D eigenvalue weighted by Crippen LogP contribution is -2.28. The van der Waals surface area contributed by atoms with Gasteiger partial charge in [0.05, 0.1) is 12.7 Å². The first-order chi connectivity index (χ1) is 16.3. The van der Waals surface area contributed by atoms with Gasteiger partial charge in [-0.2, -0.15) is 0 Å². The van der Waals surface area contributed by atoms with Crippen LogP contribution in [0.15, 0.2) is 60.7 Å². The molecule has 2 atom stereocenters. The Morgan fingerprint density at radius 2 is 1.74 bits per heavy atom. The maximum Gasteiger partial charge on any atom is 0.412 e. The molecule has 0 fully saturated rings. The van der Waals surface area contributed by atoms with Crippen molar-refractivity contribution in [2.45, 2.75) is 32.0 Å². The van der Waals surface area contributed by atoms with Crippen molar-refractivity contribution in [1.29, 1.82) is 0 Å². The molecule has 34 heavy (non-hydrogen) atoms. The molecule has 0 aliphatic rings. The number of nitrogens with one attached hydrogen (secondary N) is 1. The largest absolute Gasteiger partial charge is 0.491 e. The highest BCUT2D eigenvalue weighted by Crippen LogP contribution is 2.29. The van der Waals surface area contributed by atoms with Crippen LogP contribution in [0.2, 0.25) is 0 Å². The minimum atomic E-state index is -1.05. The minimum absolute atomic E-state index is 0.0829. The number of allylic oxidation sites excluding steroid dienone is 1. The number of aliphatic carboxylic acids is 1. The van der Waals surface area contributed by atoms with Gasteiger partial charge in [0, 0.05) is 24.4 Å². The Bertz CT molecular complexity index is 969. The normalized spacial score (nSPS) is 12.7. The quantitative estimate of drug-likeness (QED) is 0.295. The molecule has 0 heterocycles. The van der Waals surface area contributed by atoms with E-state index in [2.05, 4.69) is 5.32 Å². The number of amides is 1. The molecule has 182 valence electrons. The van der Waals surface area contributed by atoms with Crippen molar-refractivity contribution >= 4 is 23.5 Å². The number of carbonyl (C=O) groups excluding carboxylic acids is 2. The third-order valence-corrected chi connectivity index (χ3v) is 4.86. The number of ether oxygens (including phenoxy) is 3. The molecule has 0 bridgehead atoms. The van der Waals surface area contributed by atoms with Crippen LogP contribution in [0.1, 0.15) is 41.8 Å². The fourth-order valence-electron chi connectivity index (χ4n) is 3.16. The second-order valence-electron chi connectivity index (χ2n) is 7.32. The third kappa shape index (κ3) is 8.68. The maximum absolute atomic E-state index is 12.7. The summed E-state index contributed by atoms with van der Waals surface area (Å²) in [6.45, 7) is 1.50. The number of aliphatic hydroxyl groups is 1. The summed E-state index contributed by atoms with van der Waals surface area (Å²) in [4.78, 5) is 34.8. The lowest BCUT2D eigenvalue weighted by atomic mass is 10.00. The molecular formula is C25H29NO8. The smallest absolute Gasteiger partial charge is 0.412 e. The van der Waals surface area contributed by atoms with E-state index in [1.165, 1.54) is 20.1 Å². The molecule has 2 rings (SSSR count). The maximum atomic E-state index is 12.7. The highest BCUT2D eigenvalue weighted by molar-refractivity contribution is 5.95. The molecule has 0 saturated carbocycles. The van der Waals surface area contributed by atoms with Crippen LogP contribution < -0.4 is 10.1 Å². The molecule has 1 amide bonds. The van der Waals surface area contributed by atoms with E-state index in [0.29, 0.717) is 35.4 Å². The number of benzene rings is 2. The zero-order chi connectivity index (χ0) is 24.9. The molecule has 9 nitrogen and oxygen atoms in total. The molecule has 0 spiro atoms. The van der Waals surface area contributed by atoms with Gasteiger partial charge in [-0.25, -0.2) is 9.59 Å². The molecule has 0 saturated heterocycles. The summed E-state index contributed by atoms with van der Waals surface area (Å²) in [5.74, 6) is -0.583. The van der Waals surface area contributed by atoms with E-state index in [1.54, 1.807) is 48.5 Å². The van der Waals surface area contributed by atoms with Crippen molar-refractivity contribution in [3.05, 3.63) is 71.8 Å². The standard InChI is InChI=1S/C25H29NO8/c1-17(28)18-7-11-20(12-8-18)26-25(31)34-24(22(32-2)5-3-4-6-23(29)30)19-9-13-21(14-10-19)33-16-15-27/h4,6-14,22,24,27H,3,5,15-16H2,1-2H3,(H,26,31)(H,29,30)/b6-4+/t22-,24-/m0/s1. The van der Waals surface area contributed by atoms with E-state index >= 15 is 0 Å². The van der Waals surface area contributed by atoms with Crippen LogP contribution in [0, 0.1) is 0 Å². The van der Waals surface area contributed by atoms with Crippen LogP contribution in [0.3, 0.4) is 0 Å². The van der Waals surface area contributed by atoms with Crippen LogP contribution in [0.25, 0.3) is 0 Å². The number of carboxylic acid groups (broad SMARTS) is 1. The Balaban J connectivity index is 2.17. The lowest BCUT2D eigenvalue weighted by molar-refractivity contribution is -0.131. The number of hydrogen-bond donors (Lipinski definition) is 3. The van der Waals surface area contributed by atoms with Crippen molar-refractivity contribution < 1.29 is 38.8 Å². The third-order valence-electron chi connectivity index (χ3n) is 4.86. The molecule has 0 radical (unpaired) electrons. The summed E-state index contributed by atoms with van der Waals surface area (Å²) >= 11 is 0. The van der Waals surface area contributed by atoms with Crippen molar-refractivity contribution in [3.63, 3.8) is 0 Å². The summed E-state index contributed by atoms with van der Waals surface area (Å²) in [5.41, 5.74) is 1.63. The van der Waals surface area contributed by atoms with Gasteiger partial charge in [0.15, 0.2) is 11.9 Å². The number of anilines is 1. The molecule has 0 aliphatic carbocycles. The van der Waals surface area contributed by atoms with Gasteiger partial charge in [-0.05, 0) is 61.7 Å². The highest BCUT2D eigenvalue weighted by atomic mass is 16.6. The summed E-state index contributed by atoms with van der Waals surface area (Å²) in [6, 6.07) is 13.3. The predicted molar refractivity (Wildman–Crippen MR) is 125 cm³/mol. The number of methoxy groups -OCH3 is 1. The molecule has 2 aromatic carbocycles. The number of carbonyl (C=O) groups is 3. The van der Waals surface area contributed by atoms with Crippen LogP contribution >= 0.6 is 0 Å². The Morgan fingerprint density at radius 3 is 2.29 bits per heavy atom. The van der Waals surface area contributed by atoms with Gasteiger partial charge >= 0.3 is 12.1 Å². The second kappa shape index (κ2) is 13.8. The summed E-state index contributed by atoms with van der Waals surface area (Å²) in [7, 11) is 1.49.